The van der Waals surface area contributed by atoms with Crippen molar-refractivity contribution < 1.29 is 4.74 Å². The molecule has 4 fully saturated rings. The number of pyridine rings is 1. The van der Waals surface area contributed by atoms with Crippen LogP contribution in [0.5, 0.6) is 5.75 Å². The summed E-state index contributed by atoms with van der Waals surface area (Å²) < 4.78 is 6.77. The Morgan fingerprint density at radius 1 is 1.00 bits per heavy atom. The average Bonchev–Trinajstić information content (AvgIpc) is 2.45. The number of benzene rings is 1. The fraction of sp³-hybridized carbons (Fsp3) is 0.550. The molecule has 4 bridgehead atoms. The minimum Gasteiger partial charge on any atom is -0.486 e. The topological polar surface area (TPSA) is 22.1 Å². The highest BCUT2D eigenvalue weighted by Crippen LogP contribution is 2.57. The fourth-order valence-electron chi connectivity index (χ4n) is 5.74. The quantitative estimate of drug-likeness (QED) is 0.786. The van der Waals surface area contributed by atoms with E-state index in [-0.39, 0.29) is 5.60 Å². The Bertz CT molecular complexity index is 700. The standard InChI is InChI=1S/C20H23NO/c1-13-6-19(17-4-2-3-5-18(17)21-13)22-20-10-14-7-15(11-20)9-16(8-14)12-20/h2-6,14-16H,7-12H2,1H3. The van der Waals surface area contributed by atoms with Gasteiger partial charge in [0.25, 0.3) is 0 Å². The molecule has 0 spiro atoms. The lowest BCUT2D eigenvalue weighted by atomic mass is 9.54. The third-order valence-corrected chi connectivity index (χ3v) is 6.11. The molecule has 2 nitrogen and oxygen atoms in total. The van der Waals surface area contributed by atoms with Crippen LogP contribution in [-0.4, -0.2) is 10.6 Å². The number of ether oxygens (including phenoxy) is 1. The summed E-state index contributed by atoms with van der Waals surface area (Å²) in [5.41, 5.74) is 2.23. The van der Waals surface area contributed by atoms with Gasteiger partial charge < -0.3 is 4.74 Å². The molecule has 1 aromatic carbocycles. The van der Waals surface area contributed by atoms with Crippen molar-refractivity contribution in [1.82, 2.24) is 4.98 Å². The zero-order chi connectivity index (χ0) is 14.7. The van der Waals surface area contributed by atoms with E-state index in [1.807, 2.05) is 0 Å². The summed E-state index contributed by atoms with van der Waals surface area (Å²) in [5, 5.41) is 1.17. The smallest absolute Gasteiger partial charge is 0.131 e. The third kappa shape index (κ3) is 1.96. The molecule has 2 aromatic rings. The Morgan fingerprint density at radius 2 is 1.64 bits per heavy atom. The fourth-order valence-corrected chi connectivity index (χ4v) is 5.74. The SMILES string of the molecule is Cc1cc(OC23CC4CC(CC(C4)C2)C3)c2ccccc2n1. The maximum Gasteiger partial charge on any atom is 0.131 e. The van der Waals surface area contributed by atoms with E-state index in [1.165, 1.54) is 43.9 Å². The zero-order valence-electron chi connectivity index (χ0n) is 13.2. The molecule has 0 saturated heterocycles. The Morgan fingerprint density at radius 3 is 2.32 bits per heavy atom. The number of aryl methyl sites for hydroxylation is 1. The number of para-hydroxylation sites is 1. The molecule has 0 amide bonds. The molecule has 0 aliphatic heterocycles. The van der Waals surface area contributed by atoms with Gasteiger partial charge in [0.1, 0.15) is 11.4 Å². The van der Waals surface area contributed by atoms with Crippen molar-refractivity contribution in [3.05, 3.63) is 36.0 Å². The predicted octanol–water partition coefficient (Wildman–Crippen LogP) is 4.89. The van der Waals surface area contributed by atoms with E-state index >= 15 is 0 Å². The monoisotopic (exact) mass is 293 g/mol. The number of aromatic nitrogens is 1. The summed E-state index contributed by atoms with van der Waals surface area (Å²) in [4.78, 5) is 4.65. The summed E-state index contributed by atoms with van der Waals surface area (Å²) in [6.45, 7) is 2.07. The van der Waals surface area contributed by atoms with E-state index in [0.29, 0.717) is 0 Å². The van der Waals surface area contributed by atoms with Crippen LogP contribution >= 0.6 is 0 Å². The van der Waals surface area contributed by atoms with Gasteiger partial charge in [-0.15, -0.1) is 0 Å². The molecule has 1 heterocycles. The van der Waals surface area contributed by atoms with Crippen molar-refractivity contribution >= 4 is 10.9 Å². The van der Waals surface area contributed by atoms with Crippen molar-refractivity contribution in [2.75, 3.05) is 0 Å². The summed E-state index contributed by atoms with van der Waals surface area (Å²) in [6.07, 6.45) is 8.19. The first-order valence-corrected chi connectivity index (χ1v) is 8.75. The predicted molar refractivity (Wildman–Crippen MR) is 88.0 cm³/mol. The molecule has 0 atom stereocenters. The molecule has 1 aromatic heterocycles. The molecule has 0 unspecified atom stereocenters. The molecule has 4 saturated carbocycles. The lowest BCUT2D eigenvalue weighted by Gasteiger charge is -2.56. The highest BCUT2D eigenvalue weighted by Gasteiger charge is 2.52. The van der Waals surface area contributed by atoms with Gasteiger partial charge in [0, 0.05) is 17.1 Å². The van der Waals surface area contributed by atoms with E-state index in [0.717, 1.165) is 34.7 Å². The van der Waals surface area contributed by atoms with Crippen molar-refractivity contribution in [2.24, 2.45) is 17.8 Å². The van der Waals surface area contributed by atoms with Crippen LogP contribution in [0.15, 0.2) is 30.3 Å². The van der Waals surface area contributed by atoms with Crippen LogP contribution < -0.4 is 4.74 Å². The van der Waals surface area contributed by atoms with Gasteiger partial charge in [-0.1, -0.05) is 12.1 Å². The van der Waals surface area contributed by atoms with E-state index < -0.39 is 0 Å². The van der Waals surface area contributed by atoms with Gasteiger partial charge in [0.05, 0.1) is 5.52 Å². The minimum absolute atomic E-state index is 0.116. The van der Waals surface area contributed by atoms with Gasteiger partial charge in [-0.3, -0.25) is 4.98 Å². The number of nitrogens with zero attached hydrogens (tertiary/aromatic N) is 1. The Balaban J connectivity index is 1.56. The summed E-state index contributed by atoms with van der Waals surface area (Å²) in [6, 6.07) is 10.5. The first kappa shape index (κ1) is 12.9. The van der Waals surface area contributed by atoms with Gasteiger partial charge in [-0.05, 0) is 75.3 Å². The molecular weight excluding hydrogens is 270 g/mol. The molecular formula is C20H23NO. The molecule has 2 heteroatoms. The van der Waals surface area contributed by atoms with Crippen LogP contribution in [0.2, 0.25) is 0 Å². The molecule has 0 N–H and O–H groups in total. The largest absolute Gasteiger partial charge is 0.486 e. The second-order valence-electron chi connectivity index (χ2n) is 7.98. The highest BCUT2D eigenvalue weighted by atomic mass is 16.5. The molecule has 4 aliphatic carbocycles. The number of hydrogen-bond donors (Lipinski definition) is 0. The molecule has 6 rings (SSSR count). The maximum absolute atomic E-state index is 6.77. The van der Waals surface area contributed by atoms with Crippen molar-refractivity contribution in [2.45, 2.75) is 51.0 Å². The normalized spacial score (nSPS) is 36.0. The highest BCUT2D eigenvalue weighted by molar-refractivity contribution is 5.85. The second-order valence-corrected chi connectivity index (χ2v) is 7.98. The van der Waals surface area contributed by atoms with E-state index in [1.54, 1.807) is 0 Å². The molecule has 22 heavy (non-hydrogen) atoms. The molecule has 0 radical (unpaired) electrons. The summed E-state index contributed by atoms with van der Waals surface area (Å²) in [7, 11) is 0. The van der Waals surface area contributed by atoms with Gasteiger partial charge in [0.2, 0.25) is 0 Å². The van der Waals surface area contributed by atoms with Crippen molar-refractivity contribution in [3.63, 3.8) is 0 Å². The third-order valence-electron chi connectivity index (χ3n) is 6.11. The lowest BCUT2D eigenvalue weighted by molar-refractivity contribution is -0.107. The molecule has 114 valence electrons. The Labute approximate surface area is 131 Å². The lowest BCUT2D eigenvalue weighted by Crippen LogP contribution is -2.53. The first-order valence-electron chi connectivity index (χ1n) is 8.75. The van der Waals surface area contributed by atoms with Crippen LogP contribution in [0, 0.1) is 24.7 Å². The van der Waals surface area contributed by atoms with E-state index in [9.17, 15) is 0 Å². The van der Waals surface area contributed by atoms with Crippen LogP contribution in [0.4, 0.5) is 0 Å². The average molecular weight is 293 g/mol. The van der Waals surface area contributed by atoms with Crippen LogP contribution in [0.25, 0.3) is 10.9 Å². The van der Waals surface area contributed by atoms with Gasteiger partial charge in [-0.2, -0.15) is 0 Å². The minimum atomic E-state index is 0.116. The number of rotatable bonds is 2. The van der Waals surface area contributed by atoms with Crippen LogP contribution in [-0.2, 0) is 0 Å². The molecule has 4 aliphatic rings. The van der Waals surface area contributed by atoms with Crippen molar-refractivity contribution in [3.8, 4) is 5.75 Å². The Kier molecular flexibility index (Phi) is 2.62. The van der Waals surface area contributed by atoms with Gasteiger partial charge in [0.15, 0.2) is 0 Å². The van der Waals surface area contributed by atoms with Crippen molar-refractivity contribution in [1.29, 1.82) is 0 Å². The maximum atomic E-state index is 6.77. The van der Waals surface area contributed by atoms with Gasteiger partial charge >= 0.3 is 0 Å². The second kappa shape index (κ2) is 4.47. The summed E-state index contributed by atoms with van der Waals surface area (Å²) >= 11 is 0. The zero-order valence-corrected chi connectivity index (χ0v) is 13.2. The first-order chi connectivity index (χ1) is 10.7. The van der Waals surface area contributed by atoms with E-state index in [4.69, 9.17) is 4.74 Å². The number of hydrogen-bond acceptors (Lipinski definition) is 2. The van der Waals surface area contributed by atoms with E-state index in [2.05, 4.69) is 42.2 Å². The van der Waals surface area contributed by atoms with Gasteiger partial charge in [-0.25, -0.2) is 0 Å². The number of fused-ring (bicyclic) bond motifs is 1. The summed E-state index contributed by atoms with van der Waals surface area (Å²) in [5.74, 6) is 3.81. The van der Waals surface area contributed by atoms with Crippen LogP contribution in [0.3, 0.4) is 0 Å². The van der Waals surface area contributed by atoms with Crippen LogP contribution in [0.1, 0.15) is 44.2 Å². The Hall–Kier alpha value is -1.57.